The van der Waals surface area contributed by atoms with Crippen LogP contribution < -0.4 is 10.6 Å². The molecule has 132 valence electrons. The second kappa shape index (κ2) is 7.25. The van der Waals surface area contributed by atoms with E-state index in [2.05, 4.69) is 15.7 Å². The second-order valence-corrected chi connectivity index (χ2v) is 6.66. The van der Waals surface area contributed by atoms with Gasteiger partial charge in [0, 0.05) is 24.8 Å². The van der Waals surface area contributed by atoms with Gasteiger partial charge in [-0.3, -0.25) is 4.68 Å². The maximum absolute atomic E-state index is 13.8. The van der Waals surface area contributed by atoms with Gasteiger partial charge in [0.1, 0.15) is 5.60 Å². The minimum absolute atomic E-state index is 0.267. The van der Waals surface area contributed by atoms with Crippen molar-refractivity contribution in [1.82, 2.24) is 20.4 Å². The highest BCUT2D eigenvalue weighted by atomic mass is 19.3. The van der Waals surface area contributed by atoms with E-state index in [-0.39, 0.29) is 6.04 Å². The fraction of sp³-hybridized carbons (Fsp3) is 0.733. The molecule has 1 unspecified atom stereocenters. The zero-order valence-corrected chi connectivity index (χ0v) is 14.5. The first-order chi connectivity index (χ1) is 10.4. The highest BCUT2D eigenvalue weighted by Gasteiger charge is 2.31. The van der Waals surface area contributed by atoms with Crippen molar-refractivity contribution in [3.8, 4) is 0 Å². The molecular formula is C15H26F2N4O2. The van der Waals surface area contributed by atoms with Gasteiger partial charge < -0.3 is 15.4 Å². The van der Waals surface area contributed by atoms with Crippen molar-refractivity contribution < 1.29 is 18.3 Å². The number of amides is 1. The predicted octanol–water partition coefficient (Wildman–Crippen LogP) is 2.54. The number of alkyl halides is 2. The van der Waals surface area contributed by atoms with Gasteiger partial charge in [-0.2, -0.15) is 5.10 Å². The molecule has 0 radical (unpaired) electrons. The van der Waals surface area contributed by atoms with E-state index in [1.54, 1.807) is 45.6 Å². The van der Waals surface area contributed by atoms with Crippen LogP contribution in [-0.2, 0) is 11.8 Å². The monoisotopic (exact) mass is 332 g/mol. The number of aromatic nitrogens is 2. The number of carbonyl (C=O) groups excluding carboxylic acids is 1. The topological polar surface area (TPSA) is 68.2 Å². The summed E-state index contributed by atoms with van der Waals surface area (Å²) in [5.41, 5.74) is 0.940. The van der Waals surface area contributed by atoms with E-state index in [1.807, 2.05) is 6.92 Å². The van der Waals surface area contributed by atoms with Crippen LogP contribution in [0, 0.1) is 6.92 Å². The Balaban J connectivity index is 2.46. The number of ether oxygens (including phenoxy) is 1. The summed E-state index contributed by atoms with van der Waals surface area (Å²) in [7, 11) is 1.78. The minimum Gasteiger partial charge on any atom is -0.444 e. The zero-order valence-electron chi connectivity index (χ0n) is 14.5. The summed E-state index contributed by atoms with van der Waals surface area (Å²) < 4.78 is 34.3. The standard InChI is InChI=1S/C15H26F2N4O2/c1-10(12-7-21(6)20-11(12)2)18-8-15(16,17)9-19-13(22)23-14(3,4)5/h7,10,18H,8-9H2,1-6H3,(H,19,22). The lowest BCUT2D eigenvalue weighted by molar-refractivity contribution is -0.00526. The molecule has 8 heteroatoms. The molecule has 1 heterocycles. The fourth-order valence-corrected chi connectivity index (χ4v) is 2.03. The smallest absolute Gasteiger partial charge is 0.407 e. The van der Waals surface area contributed by atoms with Crippen LogP contribution in [0.2, 0.25) is 0 Å². The Hall–Kier alpha value is -1.70. The van der Waals surface area contributed by atoms with Crippen LogP contribution in [0.5, 0.6) is 0 Å². The normalized spacial score (nSPS) is 13.7. The molecule has 1 aromatic rings. The summed E-state index contributed by atoms with van der Waals surface area (Å²) in [6.07, 6.45) is 0.942. The Morgan fingerprint density at radius 2 is 2.00 bits per heavy atom. The van der Waals surface area contributed by atoms with Gasteiger partial charge in [0.2, 0.25) is 0 Å². The molecule has 0 bridgehead atoms. The summed E-state index contributed by atoms with van der Waals surface area (Å²) >= 11 is 0. The molecule has 0 aliphatic carbocycles. The van der Waals surface area contributed by atoms with Crippen LogP contribution in [0.25, 0.3) is 0 Å². The average Bonchev–Trinajstić information content (AvgIpc) is 2.71. The van der Waals surface area contributed by atoms with Gasteiger partial charge in [-0.15, -0.1) is 0 Å². The van der Waals surface area contributed by atoms with Gasteiger partial charge in [0.05, 0.1) is 18.8 Å². The first-order valence-corrected chi connectivity index (χ1v) is 7.48. The lowest BCUT2D eigenvalue weighted by Gasteiger charge is -2.23. The quantitative estimate of drug-likeness (QED) is 0.840. The Labute approximate surface area is 135 Å². The van der Waals surface area contributed by atoms with E-state index in [0.29, 0.717) is 0 Å². The van der Waals surface area contributed by atoms with Crippen LogP contribution >= 0.6 is 0 Å². The number of rotatable bonds is 6. The molecular weight excluding hydrogens is 306 g/mol. The van der Waals surface area contributed by atoms with Crippen LogP contribution in [0.4, 0.5) is 13.6 Å². The van der Waals surface area contributed by atoms with Gasteiger partial charge >= 0.3 is 6.09 Å². The van der Waals surface area contributed by atoms with E-state index in [9.17, 15) is 13.6 Å². The molecule has 0 aromatic carbocycles. The fourth-order valence-electron chi connectivity index (χ4n) is 2.03. The summed E-state index contributed by atoms with van der Waals surface area (Å²) in [6, 6.07) is -0.267. The van der Waals surface area contributed by atoms with Crippen LogP contribution in [0.1, 0.15) is 45.0 Å². The summed E-state index contributed by atoms with van der Waals surface area (Å²) in [5, 5.41) is 9.05. The maximum atomic E-state index is 13.8. The number of halogens is 2. The van der Waals surface area contributed by atoms with Gasteiger partial charge in [-0.25, -0.2) is 13.6 Å². The summed E-state index contributed by atoms with van der Waals surface area (Å²) in [6.45, 7) is 7.29. The molecule has 0 saturated heterocycles. The van der Waals surface area contributed by atoms with Crippen molar-refractivity contribution in [3.05, 3.63) is 17.5 Å². The lowest BCUT2D eigenvalue weighted by atomic mass is 10.1. The Morgan fingerprint density at radius 3 is 2.48 bits per heavy atom. The number of nitrogens with one attached hydrogen (secondary N) is 2. The Bertz CT molecular complexity index is 538. The van der Waals surface area contributed by atoms with Gasteiger partial charge in [0.15, 0.2) is 0 Å². The van der Waals surface area contributed by atoms with E-state index >= 15 is 0 Å². The number of alkyl carbamates (subject to hydrolysis) is 1. The molecule has 23 heavy (non-hydrogen) atoms. The highest BCUT2D eigenvalue weighted by Crippen LogP contribution is 2.18. The molecule has 1 atom stereocenters. The van der Waals surface area contributed by atoms with Crippen molar-refractivity contribution >= 4 is 6.09 Å². The first-order valence-electron chi connectivity index (χ1n) is 7.48. The molecule has 1 rings (SSSR count). The summed E-state index contributed by atoms with van der Waals surface area (Å²) in [5.74, 6) is -3.08. The first kappa shape index (κ1) is 19.3. The highest BCUT2D eigenvalue weighted by molar-refractivity contribution is 5.67. The van der Waals surface area contributed by atoms with Gasteiger partial charge in [-0.05, 0) is 34.6 Å². The molecule has 0 aliphatic heterocycles. The Kier molecular flexibility index (Phi) is 6.10. The molecule has 0 aliphatic rings. The molecule has 1 aromatic heterocycles. The van der Waals surface area contributed by atoms with Crippen molar-refractivity contribution in [2.75, 3.05) is 13.1 Å². The Morgan fingerprint density at radius 1 is 1.39 bits per heavy atom. The number of hydrogen-bond donors (Lipinski definition) is 2. The number of nitrogens with zero attached hydrogens (tertiary/aromatic N) is 2. The maximum Gasteiger partial charge on any atom is 0.407 e. The molecule has 2 N–H and O–H groups in total. The number of hydrogen-bond acceptors (Lipinski definition) is 4. The second-order valence-electron chi connectivity index (χ2n) is 6.66. The average molecular weight is 332 g/mol. The van der Waals surface area contributed by atoms with Crippen LogP contribution in [0.15, 0.2) is 6.20 Å². The number of carbonyl (C=O) groups is 1. The van der Waals surface area contributed by atoms with E-state index < -0.39 is 30.7 Å². The SMILES string of the molecule is Cc1nn(C)cc1C(C)NCC(F)(F)CNC(=O)OC(C)(C)C. The third-order valence-electron chi connectivity index (χ3n) is 3.08. The van der Waals surface area contributed by atoms with Crippen molar-refractivity contribution in [2.24, 2.45) is 7.05 Å². The van der Waals surface area contributed by atoms with E-state index in [4.69, 9.17) is 4.74 Å². The van der Waals surface area contributed by atoms with Crippen molar-refractivity contribution in [1.29, 1.82) is 0 Å². The third-order valence-corrected chi connectivity index (χ3v) is 3.08. The molecule has 0 saturated carbocycles. The van der Waals surface area contributed by atoms with Gasteiger partial charge in [-0.1, -0.05) is 0 Å². The largest absolute Gasteiger partial charge is 0.444 e. The van der Waals surface area contributed by atoms with Crippen LogP contribution in [0.3, 0.4) is 0 Å². The van der Waals surface area contributed by atoms with E-state index in [1.165, 1.54) is 0 Å². The number of aryl methyl sites for hydroxylation is 2. The molecule has 1 amide bonds. The molecule has 0 fully saturated rings. The molecule has 6 nitrogen and oxygen atoms in total. The van der Waals surface area contributed by atoms with Crippen molar-refractivity contribution in [2.45, 2.75) is 52.2 Å². The predicted molar refractivity (Wildman–Crippen MR) is 83.5 cm³/mol. The lowest BCUT2D eigenvalue weighted by Crippen LogP contribution is -2.45. The van der Waals surface area contributed by atoms with Gasteiger partial charge in [0.25, 0.3) is 5.92 Å². The summed E-state index contributed by atoms with van der Waals surface area (Å²) in [4.78, 5) is 11.4. The van der Waals surface area contributed by atoms with E-state index in [0.717, 1.165) is 11.3 Å². The minimum atomic E-state index is -3.08. The zero-order chi connectivity index (χ0) is 17.8. The van der Waals surface area contributed by atoms with Crippen molar-refractivity contribution in [3.63, 3.8) is 0 Å². The third kappa shape index (κ3) is 6.94. The molecule has 0 spiro atoms. The van der Waals surface area contributed by atoms with Crippen LogP contribution in [-0.4, -0.2) is 40.5 Å².